The van der Waals surface area contributed by atoms with Gasteiger partial charge in [-0.3, -0.25) is 5.32 Å². The summed E-state index contributed by atoms with van der Waals surface area (Å²) in [7, 11) is 0. The summed E-state index contributed by atoms with van der Waals surface area (Å²) in [5.41, 5.74) is 3.14. The highest BCUT2D eigenvalue weighted by Gasteiger charge is 2.12. The van der Waals surface area contributed by atoms with Gasteiger partial charge in [0.1, 0.15) is 0 Å². The van der Waals surface area contributed by atoms with Crippen molar-refractivity contribution < 1.29 is 4.79 Å². The Morgan fingerprint density at radius 3 is 2.67 bits per heavy atom. The summed E-state index contributed by atoms with van der Waals surface area (Å²) in [6.45, 7) is 4.71. The van der Waals surface area contributed by atoms with Crippen molar-refractivity contribution in [3.8, 4) is 0 Å². The van der Waals surface area contributed by atoms with Gasteiger partial charge in [0.15, 0.2) is 5.13 Å². The molecule has 0 atom stereocenters. The van der Waals surface area contributed by atoms with Gasteiger partial charge in [0, 0.05) is 11.6 Å². The highest BCUT2D eigenvalue weighted by molar-refractivity contribution is 7.22. The molecule has 3 rings (SSSR count). The van der Waals surface area contributed by atoms with Crippen molar-refractivity contribution in [3.05, 3.63) is 58.6 Å². The Morgan fingerprint density at radius 2 is 1.96 bits per heavy atom. The van der Waals surface area contributed by atoms with Crippen LogP contribution < -0.4 is 10.6 Å². The molecule has 0 aliphatic carbocycles. The fourth-order valence-electron chi connectivity index (χ4n) is 2.42. The predicted octanol–water partition coefficient (Wildman–Crippen LogP) is 5.39. The monoisotopic (exact) mass is 359 g/mol. The maximum atomic E-state index is 12.1. The normalized spacial score (nSPS) is 11.0. The fourth-order valence-corrected chi connectivity index (χ4v) is 3.44. The van der Waals surface area contributed by atoms with E-state index in [0.29, 0.717) is 22.6 Å². The van der Waals surface area contributed by atoms with Gasteiger partial charge in [-0.1, -0.05) is 61.1 Å². The van der Waals surface area contributed by atoms with Gasteiger partial charge in [-0.15, -0.1) is 0 Å². The van der Waals surface area contributed by atoms with E-state index in [0.717, 1.165) is 15.8 Å². The van der Waals surface area contributed by atoms with Crippen LogP contribution >= 0.6 is 22.9 Å². The molecule has 0 unspecified atom stereocenters. The number of halogens is 1. The lowest BCUT2D eigenvalue weighted by molar-refractivity contribution is 0.251. The Kier molecular flexibility index (Phi) is 5.02. The maximum absolute atomic E-state index is 12.1. The number of nitrogens with zero attached hydrogens (tertiary/aromatic N) is 1. The van der Waals surface area contributed by atoms with Crippen LogP contribution in [0.3, 0.4) is 0 Å². The Hall–Kier alpha value is -2.11. The molecule has 2 amide bonds. The second kappa shape index (κ2) is 7.20. The molecule has 0 saturated heterocycles. The first-order chi connectivity index (χ1) is 11.5. The van der Waals surface area contributed by atoms with E-state index in [1.54, 1.807) is 12.1 Å². The molecule has 4 nitrogen and oxygen atoms in total. The minimum absolute atomic E-state index is 0.268. The number of thiazole rings is 1. The standard InChI is InChI=1S/C18H18ClN3OS/c1-11(2)14-4-3-5-15-16(14)21-18(24-15)22-17(23)20-10-12-6-8-13(19)9-7-12/h3-9,11H,10H2,1-2H3,(H2,20,21,22,23). The number of amides is 2. The third-order valence-electron chi connectivity index (χ3n) is 3.66. The number of aromatic nitrogens is 1. The van der Waals surface area contributed by atoms with E-state index < -0.39 is 0 Å². The Labute approximate surface area is 149 Å². The van der Waals surface area contributed by atoms with Crippen molar-refractivity contribution in [2.45, 2.75) is 26.3 Å². The SMILES string of the molecule is CC(C)c1cccc2sc(NC(=O)NCc3ccc(Cl)cc3)nc12. The lowest BCUT2D eigenvalue weighted by Gasteiger charge is -2.06. The second-order valence-corrected chi connectivity index (χ2v) is 7.27. The number of benzene rings is 2. The van der Waals surface area contributed by atoms with Crippen molar-refractivity contribution in [1.29, 1.82) is 0 Å². The number of fused-ring (bicyclic) bond motifs is 1. The van der Waals surface area contributed by atoms with Crippen LogP contribution in [0.5, 0.6) is 0 Å². The number of urea groups is 1. The molecule has 24 heavy (non-hydrogen) atoms. The topological polar surface area (TPSA) is 54.0 Å². The molecule has 6 heteroatoms. The minimum atomic E-state index is -0.268. The smallest absolute Gasteiger partial charge is 0.321 e. The summed E-state index contributed by atoms with van der Waals surface area (Å²) in [5, 5.41) is 6.92. The number of para-hydroxylation sites is 1. The Balaban J connectivity index is 1.67. The number of hydrogen-bond acceptors (Lipinski definition) is 3. The van der Waals surface area contributed by atoms with Gasteiger partial charge in [0.2, 0.25) is 0 Å². The molecule has 0 saturated carbocycles. The van der Waals surface area contributed by atoms with Gasteiger partial charge in [0.25, 0.3) is 0 Å². The number of hydrogen-bond donors (Lipinski definition) is 2. The minimum Gasteiger partial charge on any atom is -0.334 e. The number of nitrogens with one attached hydrogen (secondary N) is 2. The molecular weight excluding hydrogens is 342 g/mol. The number of anilines is 1. The molecule has 1 aromatic heterocycles. The molecule has 2 N–H and O–H groups in total. The first-order valence-electron chi connectivity index (χ1n) is 7.71. The highest BCUT2D eigenvalue weighted by Crippen LogP contribution is 2.31. The van der Waals surface area contributed by atoms with Gasteiger partial charge in [-0.2, -0.15) is 0 Å². The second-order valence-electron chi connectivity index (χ2n) is 5.80. The first kappa shape index (κ1) is 16.7. The van der Waals surface area contributed by atoms with Gasteiger partial charge < -0.3 is 5.32 Å². The van der Waals surface area contributed by atoms with Crippen LogP contribution in [-0.4, -0.2) is 11.0 Å². The van der Waals surface area contributed by atoms with Crippen LogP contribution in [0.25, 0.3) is 10.2 Å². The molecule has 0 radical (unpaired) electrons. The number of carbonyl (C=O) groups excluding carboxylic acids is 1. The zero-order chi connectivity index (χ0) is 17.1. The molecule has 1 heterocycles. The van der Waals surface area contributed by atoms with Crippen molar-refractivity contribution in [2.24, 2.45) is 0 Å². The molecule has 0 spiro atoms. The molecule has 3 aromatic rings. The predicted molar refractivity (Wildman–Crippen MR) is 101 cm³/mol. The largest absolute Gasteiger partial charge is 0.334 e. The third-order valence-corrected chi connectivity index (χ3v) is 4.85. The Bertz CT molecular complexity index is 858. The van der Waals surface area contributed by atoms with Gasteiger partial charge in [-0.05, 0) is 35.2 Å². The van der Waals surface area contributed by atoms with E-state index in [1.807, 2.05) is 24.3 Å². The van der Waals surface area contributed by atoms with Crippen molar-refractivity contribution >= 4 is 44.3 Å². The van der Waals surface area contributed by atoms with Crippen LogP contribution in [0.4, 0.5) is 9.93 Å². The van der Waals surface area contributed by atoms with E-state index in [-0.39, 0.29) is 6.03 Å². The van der Waals surface area contributed by atoms with E-state index in [9.17, 15) is 4.79 Å². The summed E-state index contributed by atoms with van der Waals surface area (Å²) in [6, 6.07) is 13.2. The average Bonchev–Trinajstić information content (AvgIpc) is 2.96. The van der Waals surface area contributed by atoms with E-state index in [1.165, 1.54) is 16.9 Å². The van der Waals surface area contributed by atoms with Crippen molar-refractivity contribution in [1.82, 2.24) is 10.3 Å². The van der Waals surface area contributed by atoms with Gasteiger partial charge in [-0.25, -0.2) is 9.78 Å². The van der Waals surface area contributed by atoms with Crippen LogP contribution in [0, 0.1) is 0 Å². The maximum Gasteiger partial charge on any atom is 0.321 e. The van der Waals surface area contributed by atoms with Gasteiger partial charge in [0.05, 0.1) is 10.2 Å². The molecule has 2 aromatic carbocycles. The summed E-state index contributed by atoms with van der Waals surface area (Å²) < 4.78 is 1.08. The van der Waals surface area contributed by atoms with Crippen LogP contribution in [0.1, 0.15) is 30.9 Å². The van der Waals surface area contributed by atoms with E-state index in [4.69, 9.17) is 11.6 Å². The lowest BCUT2D eigenvalue weighted by atomic mass is 10.0. The molecule has 124 valence electrons. The molecular formula is C18H18ClN3OS. The fraction of sp³-hybridized carbons (Fsp3) is 0.222. The molecule has 0 fully saturated rings. The van der Waals surface area contributed by atoms with Crippen LogP contribution in [0.2, 0.25) is 5.02 Å². The zero-order valence-electron chi connectivity index (χ0n) is 13.5. The zero-order valence-corrected chi connectivity index (χ0v) is 15.0. The van der Waals surface area contributed by atoms with E-state index >= 15 is 0 Å². The van der Waals surface area contributed by atoms with E-state index in [2.05, 4.69) is 35.5 Å². The number of rotatable bonds is 4. The Morgan fingerprint density at radius 1 is 1.21 bits per heavy atom. The average molecular weight is 360 g/mol. The summed E-state index contributed by atoms with van der Waals surface area (Å²) in [6.07, 6.45) is 0. The van der Waals surface area contributed by atoms with Gasteiger partial charge >= 0.3 is 6.03 Å². The summed E-state index contributed by atoms with van der Waals surface area (Å²) in [4.78, 5) is 16.6. The quantitative estimate of drug-likeness (QED) is 0.655. The van der Waals surface area contributed by atoms with Crippen molar-refractivity contribution in [3.63, 3.8) is 0 Å². The third kappa shape index (κ3) is 3.86. The summed E-state index contributed by atoms with van der Waals surface area (Å²) >= 11 is 7.33. The van der Waals surface area contributed by atoms with Crippen LogP contribution in [-0.2, 0) is 6.54 Å². The summed E-state index contributed by atoms with van der Waals surface area (Å²) in [5.74, 6) is 0.391. The molecule has 0 bridgehead atoms. The first-order valence-corrected chi connectivity index (χ1v) is 8.91. The van der Waals surface area contributed by atoms with Crippen LogP contribution in [0.15, 0.2) is 42.5 Å². The number of carbonyl (C=O) groups is 1. The lowest BCUT2D eigenvalue weighted by Crippen LogP contribution is -2.28. The highest BCUT2D eigenvalue weighted by atomic mass is 35.5. The van der Waals surface area contributed by atoms with Crippen molar-refractivity contribution in [2.75, 3.05) is 5.32 Å². The molecule has 0 aliphatic heterocycles. The molecule has 0 aliphatic rings.